The Morgan fingerprint density at radius 1 is 1.47 bits per heavy atom. The summed E-state index contributed by atoms with van der Waals surface area (Å²) in [5, 5.41) is 0. The van der Waals surface area contributed by atoms with Crippen LogP contribution in [0.3, 0.4) is 0 Å². The number of hydrazine groups is 1. The van der Waals surface area contributed by atoms with Crippen molar-refractivity contribution in [1.29, 1.82) is 0 Å². The van der Waals surface area contributed by atoms with E-state index >= 15 is 0 Å². The summed E-state index contributed by atoms with van der Waals surface area (Å²) in [5.74, 6) is 4.95. The van der Waals surface area contributed by atoms with Gasteiger partial charge in [0, 0.05) is 25.3 Å². The highest BCUT2D eigenvalue weighted by Crippen LogP contribution is 2.13. The summed E-state index contributed by atoms with van der Waals surface area (Å²) in [6.45, 7) is 6.46. The zero-order valence-electron chi connectivity index (χ0n) is 11.8. The maximum Gasteiger partial charge on any atom is 0.265 e. The molecular formula is C14H23N3O2. The van der Waals surface area contributed by atoms with Gasteiger partial charge in [0.25, 0.3) is 5.91 Å². The number of rotatable bonds is 7. The molecule has 1 atom stereocenters. The van der Waals surface area contributed by atoms with Gasteiger partial charge < -0.3 is 4.74 Å². The Labute approximate surface area is 114 Å². The van der Waals surface area contributed by atoms with Gasteiger partial charge in [0.2, 0.25) is 0 Å². The van der Waals surface area contributed by atoms with Crippen LogP contribution in [0.4, 0.5) is 0 Å². The fourth-order valence-corrected chi connectivity index (χ4v) is 2.10. The van der Waals surface area contributed by atoms with Crippen molar-refractivity contribution in [2.75, 3.05) is 20.3 Å². The number of carbonyl (C=O) groups excluding carboxylic acids is 1. The summed E-state index contributed by atoms with van der Waals surface area (Å²) >= 11 is 0. The maximum absolute atomic E-state index is 11.7. The van der Waals surface area contributed by atoms with E-state index in [9.17, 15) is 4.79 Å². The lowest BCUT2D eigenvalue weighted by Gasteiger charge is -2.28. The number of carbonyl (C=O) groups is 1. The van der Waals surface area contributed by atoms with Crippen molar-refractivity contribution in [2.24, 2.45) is 5.84 Å². The summed E-state index contributed by atoms with van der Waals surface area (Å²) in [6.07, 6.45) is 0. The number of ether oxygens (including phenoxy) is 1. The van der Waals surface area contributed by atoms with E-state index in [2.05, 4.69) is 24.2 Å². The first-order chi connectivity index (χ1) is 9.13. The van der Waals surface area contributed by atoms with Gasteiger partial charge in [-0.15, -0.1) is 0 Å². The monoisotopic (exact) mass is 265 g/mol. The molecule has 0 saturated heterocycles. The van der Waals surface area contributed by atoms with Crippen molar-refractivity contribution >= 4 is 5.91 Å². The van der Waals surface area contributed by atoms with E-state index in [4.69, 9.17) is 10.6 Å². The van der Waals surface area contributed by atoms with Crippen LogP contribution in [-0.2, 0) is 11.3 Å². The molecule has 0 radical (unpaired) electrons. The molecule has 0 heterocycles. The first-order valence-electron chi connectivity index (χ1n) is 6.45. The number of nitrogens with zero attached hydrogens (tertiary/aromatic N) is 1. The molecule has 5 nitrogen and oxygen atoms in total. The third-order valence-corrected chi connectivity index (χ3v) is 3.20. The third-order valence-electron chi connectivity index (χ3n) is 3.20. The summed E-state index contributed by atoms with van der Waals surface area (Å²) < 4.78 is 5.18. The molecular weight excluding hydrogens is 242 g/mol. The van der Waals surface area contributed by atoms with Crippen molar-refractivity contribution < 1.29 is 9.53 Å². The predicted molar refractivity (Wildman–Crippen MR) is 75.5 cm³/mol. The zero-order chi connectivity index (χ0) is 14.3. The number of likely N-dealkylation sites (N-methyl/N-ethyl adjacent to an activating group) is 1. The topological polar surface area (TPSA) is 67.6 Å². The van der Waals surface area contributed by atoms with Crippen molar-refractivity contribution in [1.82, 2.24) is 10.3 Å². The van der Waals surface area contributed by atoms with Gasteiger partial charge in [0.15, 0.2) is 0 Å². The first-order valence-corrected chi connectivity index (χ1v) is 6.45. The minimum Gasteiger partial charge on any atom is -0.383 e. The highest BCUT2D eigenvalue weighted by Gasteiger charge is 2.16. The van der Waals surface area contributed by atoms with Crippen molar-refractivity contribution in [3.63, 3.8) is 0 Å². The molecule has 19 heavy (non-hydrogen) atoms. The SMILES string of the molecule is CCN(Cc1ccccc1C(=O)NN)C(C)COC. The fraction of sp³-hybridized carbons (Fsp3) is 0.500. The molecule has 0 aliphatic rings. The lowest BCUT2D eigenvalue weighted by molar-refractivity contribution is 0.0931. The van der Waals surface area contributed by atoms with E-state index in [0.717, 1.165) is 12.1 Å². The second-order valence-electron chi connectivity index (χ2n) is 4.50. The summed E-state index contributed by atoms with van der Waals surface area (Å²) in [4.78, 5) is 14.0. The Hall–Kier alpha value is -1.43. The minimum absolute atomic E-state index is 0.258. The van der Waals surface area contributed by atoms with Gasteiger partial charge in [-0.25, -0.2) is 5.84 Å². The molecule has 0 bridgehead atoms. The average Bonchev–Trinajstić information content (AvgIpc) is 2.44. The van der Waals surface area contributed by atoms with Crippen LogP contribution in [0, 0.1) is 0 Å². The lowest BCUT2D eigenvalue weighted by atomic mass is 10.1. The normalized spacial score (nSPS) is 12.5. The van der Waals surface area contributed by atoms with Gasteiger partial charge in [-0.1, -0.05) is 25.1 Å². The number of amides is 1. The highest BCUT2D eigenvalue weighted by atomic mass is 16.5. The van der Waals surface area contributed by atoms with E-state index in [1.807, 2.05) is 18.2 Å². The molecule has 0 aromatic heterocycles. The van der Waals surface area contributed by atoms with Gasteiger partial charge in [0.1, 0.15) is 0 Å². The molecule has 0 aliphatic heterocycles. The lowest BCUT2D eigenvalue weighted by Crippen LogP contribution is -2.37. The molecule has 0 saturated carbocycles. The van der Waals surface area contributed by atoms with E-state index in [1.165, 1.54) is 0 Å². The van der Waals surface area contributed by atoms with Crippen LogP contribution in [0.15, 0.2) is 24.3 Å². The molecule has 0 aliphatic carbocycles. The molecule has 1 rings (SSSR count). The smallest absolute Gasteiger partial charge is 0.265 e. The molecule has 0 fully saturated rings. The maximum atomic E-state index is 11.7. The Morgan fingerprint density at radius 3 is 2.74 bits per heavy atom. The van der Waals surface area contributed by atoms with Crippen molar-refractivity contribution in [2.45, 2.75) is 26.4 Å². The van der Waals surface area contributed by atoms with Crippen LogP contribution in [0.25, 0.3) is 0 Å². The van der Waals surface area contributed by atoms with Crippen LogP contribution in [0.2, 0.25) is 0 Å². The van der Waals surface area contributed by atoms with Crippen LogP contribution < -0.4 is 11.3 Å². The van der Waals surface area contributed by atoms with Crippen LogP contribution in [0.1, 0.15) is 29.8 Å². The Bertz CT molecular complexity index is 409. The Balaban J connectivity index is 2.88. The molecule has 5 heteroatoms. The van der Waals surface area contributed by atoms with E-state index in [0.29, 0.717) is 24.8 Å². The quantitative estimate of drug-likeness (QED) is 0.441. The van der Waals surface area contributed by atoms with Gasteiger partial charge in [-0.05, 0) is 25.1 Å². The Morgan fingerprint density at radius 2 is 2.16 bits per heavy atom. The molecule has 106 valence electrons. The summed E-state index contributed by atoms with van der Waals surface area (Å²) in [5.41, 5.74) is 3.77. The van der Waals surface area contributed by atoms with Crippen LogP contribution in [-0.4, -0.2) is 37.1 Å². The molecule has 1 amide bonds. The van der Waals surface area contributed by atoms with Gasteiger partial charge in [0.05, 0.1) is 6.61 Å². The molecule has 0 spiro atoms. The summed E-state index contributed by atoms with van der Waals surface area (Å²) in [7, 11) is 1.69. The number of benzene rings is 1. The number of methoxy groups -OCH3 is 1. The van der Waals surface area contributed by atoms with E-state index < -0.39 is 0 Å². The molecule has 1 aromatic rings. The third kappa shape index (κ3) is 4.31. The minimum atomic E-state index is -0.258. The number of hydrogen-bond acceptors (Lipinski definition) is 4. The van der Waals surface area contributed by atoms with Gasteiger partial charge in [-0.2, -0.15) is 0 Å². The highest BCUT2D eigenvalue weighted by molar-refractivity contribution is 5.95. The predicted octanol–water partition coefficient (Wildman–Crippen LogP) is 1.15. The molecule has 3 N–H and O–H groups in total. The summed E-state index contributed by atoms with van der Waals surface area (Å²) in [6, 6.07) is 7.79. The molecule has 1 unspecified atom stereocenters. The zero-order valence-corrected chi connectivity index (χ0v) is 11.8. The van der Waals surface area contributed by atoms with Crippen LogP contribution >= 0.6 is 0 Å². The standard InChI is InChI=1S/C14H23N3O2/c1-4-17(11(2)10-19-3)9-12-7-5-6-8-13(12)14(18)16-15/h5-8,11H,4,9-10,15H2,1-3H3,(H,16,18). The number of hydrogen-bond donors (Lipinski definition) is 2. The van der Waals surface area contributed by atoms with Crippen molar-refractivity contribution in [3.05, 3.63) is 35.4 Å². The van der Waals surface area contributed by atoms with Gasteiger partial charge >= 0.3 is 0 Å². The second kappa shape index (κ2) is 7.89. The Kier molecular flexibility index (Phi) is 6.49. The van der Waals surface area contributed by atoms with E-state index in [1.54, 1.807) is 13.2 Å². The van der Waals surface area contributed by atoms with Crippen LogP contribution in [0.5, 0.6) is 0 Å². The van der Waals surface area contributed by atoms with E-state index in [-0.39, 0.29) is 5.91 Å². The number of nitrogens with one attached hydrogen (secondary N) is 1. The number of nitrogens with two attached hydrogens (primary N) is 1. The largest absolute Gasteiger partial charge is 0.383 e. The average molecular weight is 265 g/mol. The van der Waals surface area contributed by atoms with Crippen molar-refractivity contribution in [3.8, 4) is 0 Å². The number of nitrogen functional groups attached to an aromatic ring is 1. The molecule has 1 aromatic carbocycles. The first kappa shape index (κ1) is 15.6. The second-order valence-corrected chi connectivity index (χ2v) is 4.50. The fourth-order valence-electron chi connectivity index (χ4n) is 2.10. The van der Waals surface area contributed by atoms with Gasteiger partial charge in [-0.3, -0.25) is 15.1 Å².